The van der Waals surface area contributed by atoms with Crippen molar-refractivity contribution < 1.29 is 14.1 Å². The van der Waals surface area contributed by atoms with Gasteiger partial charge in [0.1, 0.15) is 11.5 Å². The number of anilines is 1. The van der Waals surface area contributed by atoms with E-state index in [2.05, 4.69) is 20.7 Å². The first-order valence-electron chi connectivity index (χ1n) is 8.17. The number of aryl methyl sites for hydroxylation is 1. The van der Waals surface area contributed by atoms with Crippen molar-refractivity contribution in [1.82, 2.24) is 19.9 Å². The van der Waals surface area contributed by atoms with Crippen molar-refractivity contribution in [3.63, 3.8) is 0 Å². The molecule has 134 valence electrons. The normalized spacial score (nSPS) is 10.6. The number of carbonyl (C=O) groups excluding carboxylic acids is 1. The van der Waals surface area contributed by atoms with E-state index in [9.17, 15) is 4.79 Å². The first kappa shape index (κ1) is 16.5. The van der Waals surface area contributed by atoms with E-state index in [-0.39, 0.29) is 11.6 Å². The average molecular weight is 361 g/mol. The SMILES string of the molecule is Cc1cc(C(=O)Nc2ccc(Oc3ccc(-n4cccc4)nn3)cc2)no1. The summed E-state index contributed by atoms with van der Waals surface area (Å²) in [6.07, 6.45) is 3.77. The summed E-state index contributed by atoms with van der Waals surface area (Å²) in [5.74, 6) is 1.89. The Kier molecular flexibility index (Phi) is 4.36. The van der Waals surface area contributed by atoms with Gasteiger partial charge in [-0.25, -0.2) is 0 Å². The summed E-state index contributed by atoms with van der Waals surface area (Å²) in [4.78, 5) is 12.0. The summed E-state index contributed by atoms with van der Waals surface area (Å²) < 4.78 is 12.4. The third kappa shape index (κ3) is 3.84. The lowest BCUT2D eigenvalue weighted by Gasteiger charge is -2.07. The number of nitrogens with one attached hydrogen (secondary N) is 1. The fourth-order valence-electron chi connectivity index (χ4n) is 2.39. The highest BCUT2D eigenvalue weighted by atomic mass is 16.5. The number of ether oxygens (including phenoxy) is 1. The second-order valence-corrected chi connectivity index (χ2v) is 5.72. The molecule has 8 nitrogen and oxygen atoms in total. The van der Waals surface area contributed by atoms with Gasteiger partial charge in [0.25, 0.3) is 5.91 Å². The molecule has 27 heavy (non-hydrogen) atoms. The highest BCUT2D eigenvalue weighted by Gasteiger charge is 2.11. The fraction of sp³-hybridized carbons (Fsp3) is 0.0526. The quantitative estimate of drug-likeness (QED) is 0.583. The molecule has 4 rings (SSSR count). The van der Waals surface area contributed by atoms with Crippen LogP contribution in [0.25, 0.3) is 5.82 Å². The van der Waals surface area contributed by atoms with Gasteiger partial charge in [-0.1, -0.05) is 5.16 Å². The Bertz CT molecular complexity index is 1040. The maximum absolute atomic E-state index is 12.0. The van der Waals surface area contributed by atoms with Crippen molar-refractivity contribution in [2.75, 3.05) is 5.32 Å². The highest BCUT2D eigenvalue weighted by Crippen LogP contribution is 2.22. The summed E-state index contributed by atoms with van der Waals surface area (Å²) in [5, 5.41) is 14.6. The van der Waals surface area contributed by atoms with Crippen molar-refractivity contribution in [2.45, 2.75) is 6.92 Å². The standard InChI is InChI=1S/C19H15N5O3/c1-13-12-16(23-27-13)19(25)20-14-4-6-15(7-5-14)26-18-9-8-17(21-22-18)24-10-2-3-11-24/h2-12H,1H3,(H,20,25). The van der Waals surface area contributed by atoms with Crippen LogP contribution in [-0.4, -0.2) is 25.8 Å². The molecule has 0 aliphatic rings. The molecule has 0 aliphatic heterocycles. The van der Waals surface area contributed by atoms with Gasteiger partial charge >= 0.3 is 0 Å². The van der Waals surface area contributed by atoms with Crippen LogP contribution < -0.4 is 10.1 Å². The molecule has 1 N–H and O–H groups in total. The van der Waals surface area contributed by atoms with Crippen LogP contribution in [0.4, 0.5) is 5.69 Å². The lowest BCUT2D eigenvalue weighted by molar-refractivity contribution is 0.101. The van der Waals surface area contributed by atoms with E-state index >= 15 is 0 Å². The van der Waals surface area contributed by atoms with Crippen LogP contribution in [0.3, 0.4) is 0 Å². The molecule has 0 radical (unpaired) electrons. The predicted octanol–water partition coefficient (Wildman–Crippen LogP) is 3.61. The van der Waals surface area contributed by atoms with Crippen LogP contribution in [0.5, 0.6) is 11.6 Å². The number of carbonyl (C=O) groups is 1. The molecule has 0 atom stereocenters. The van der Waals surface area contributed by atoms with E-state index in [1.807, 2.05) is 35.2 Å². The Balaban J connectivity index is 1.39. The van der Waals surface area contributed by atoms with Crippen molar-refractivity contribution in [1.29, 1.82) is 0 Å². The third-order valence-electron chi connectivity index (χ3n) is 3.69. The Morgan fingerprint density at radius 3 is 2.48 bits per heavy atom. The largest absolute Gasteiger partial charge is 0.438 e. The van der Waals surface area contributed by atoms with E-state index in [4.69, 9.17) is 9.26 Å². The first-order chi connectivity index (χ1) is 13.2. The summed E-state index contributed by atoms with van der Waals surface area (Å²) in [6.45, 7) is 1.73. The highest BCUT2D eigenvalue weighted by molar-refractivity contribution is 6.02. The second kappa shape index (κ2) is 7.12. The van der Waals surface area contributed by atoms with Gasteiger partial charge in [-0.3, -0.25) is 4.79 Å². The molecule has 0 saturated carbocycles. The van der Waals surface area contributed by atoms with Gasteiger partial charge in [-0.2, -0.15) is 0 Å². The molecule has 0 saturated heterocycles. The van der Waals surface area contributed by atoms with Gasteiger partial charge in [0.05, 0.1) is 0 Å². The monoisotopic (exact) mass is 361 g/mol. The Hall–Kier alpha value is -3.94. The fourth-order valence-corrected chi connectivity index (χ4v) is 2.39. The van der Waals surface area contributed by atoms with E-state index in [1.54, 1.807) is 43.3 Å². The number of aromatic nitrogens is 4. The van der Waals surface area contributed by atoms with Gasteiger partial charge in [0.15, 0.2) is 11.5 Å². The van der Waals surface area contributed by atoms with Crippen molar-refractivity contribution in [2.24, 2.45) is 0 Å². The van der Waals surface area contributed by atoms with Gasteiger partial charge < -0.3 is 19.1 Å². The van der Waals surface area contributed by atoms with E-state index in [0.717, 1.165) is 0 Å². The lowest BCUT2D eigenvalue weighted by atomic mass is 10.3. The van der Waals surface area contributed by atoms with Crippen LogP contribution in [0.1, 0.15) is 16.2 Å². The van der Waals surface area contributed by atoms with E-state index in [0.29, 0.717) is 28.9 Å². The van der Waals surface area contributed by atoms with Crippen LogP contribution in [-0.2, 0) is 0 Å². The van der Waals surface area contributed by atoms with E-state index < -0.39 is 0 Å². The van der Waals surface area contributed by atoms with Gasteiger partial charge in [0.2, 0.25) is 5.88 Å². The lowest BCUT2D eigenvalue weighted by Crippen LogP contribution is -2.11. The molecule has 3 aromatic heterocycles. The molecular weight excluding hydrogens is 346 g/mol. The smallest absolute Gasteiger partial charge is 0.277 e. The molecule has 4 aromatic rings. The second-order valence-electron chi connectivity index (χ2n) is 5.72. The summed E-state index contributed by atoms with van der Waals surface area (Å²) in [7, 11) is 0. The zero-order valence-electron chi connectivity index (χ0n) is 14.4. The molecule has 0 unspecified atom stereocenters. The molecule has 8 heteroatoms. The number of benzene rings is 1. The molecule has 1 aromatic carbocycles. The van der Waals surface area contributed by atoms with Crippen LogP contribution in [0.15, 0.2) is 71.5 Å². The first-order valence-corrected chi connectivity index (χ1v) is 8.17. The molecule has 0 aliphatic carbocycles. The molecule has 0 fully saturated rings. The van der Waals surface area contributed by atoms with Crippen LogP contribution in [0, 0.1) is 6.92 Å². The molecule has 0 spiro atoms. The van der Waals surface area contributed by atoms with Crippen molar-refractivity contribution >= 4 is 11.6 Å². The Morgan fingerprint density at radius 2 is 1.85 bits per heavy atom. The molecule has 1 amide bonds. The minimum absolute atomic E-state index is 0.228. The number of rotatable bonds is 5. The minimum Gasteiger partial charge on any atom is -0.438 e. The van der Waals surface area contributed by atoms with Gasteiger partial charge in [-0.05, 0) is 49.4 Å². The zero-order valence-corrected chi connectivity index (χ0v) is 14.4. The van der Waals surface area contributed by atoms with Crippen LogP contribution >= 0.6 is 0 Å². The summed E-state index contributed by atoms with van der Waals surface area (Å²) >= 11 is 0. The average Bonchev–Trinajstić information content (AvgIpc) is 3.36. The van der Waals surface area contributed by atoms with Crippen molar-refractivity contribution in [3.8, 4) is 17.4 Å². The maximum Gasteiger partial charge on any atom is 0.277 e. The number of hydrogen-bond donors (Lipinski definition) is 1. The Morgan fingerprint density at radius 1 is 1.07 bits per heavy atom. The topological polar surface area (TPSA) is 95.1 Å². The zero-order chi connectivity index (χ0) is 18.6. The third-order valence-corrected chi connectivity index (χ3v) is 3.69. The predicted molar refractivity (Wildman–Crippen MR) is 97.1 cm³/mol. The number of hydrogen-bond acceptors (Lipinski definition) is 6. The minimum atomic E-state index is -0.341. The summed E-state index contributed by atoms with van der Waals surface area (Å²) in [6, 6.07) is 15.9. The van der Waals surface area contributed by atoms with Gasteiger partial charge in [-0.15, -0.1) is 10.2 Å². The molecule has 0 bridgehead atoms. The maximum atomic E-state index is 12.0. The van der Waals surface area contributed by atoms with Crippen LogP contribution in [0.2, 0.25) is 0 Å². The summed E-state index contributed by atoms with van der Waals surface area (Å²) in [5.41, 5.74) is 0.841. The number of amides is 1. The van der Waals surface area contributed by atoms with Gasteiger partial charge in [0, 0.05) is 30.2 Å². The Labute approximate surface area is 154 Å². The van der Waals surface area contributed by atoms with Crippen molar-refractivity contribution in [3.05, 3.63) is 78.4 Å². The molecular formula is C19H15N5O3. The molecule has 3 heterocycles. The number of nitrogens with zero attached hydrogens (tertiary/aromatic N) is 4. The van der Waals surface area contributed by atoms with E-state index in [1.165, 1.54) is 0 Å².